The number of urea groups is 1. The van der Waals surface area contributed by atoms with E-state index in [-0.39, 0.29) is 5.92 Å². The number of fused-ring (bicyclic) bond motifs is 1. The van der Waals surface area contributed by atoms with Crippen molar-refractivity contribution in [2.45, 2.75) is 136 Å². The van der Waals surface area contributed by atoms with E-state index in [1.54, 1.807) is 24.3 Å². The predicted octanol–water partition coefficient (Wildman–Crippen LogP) is 7.78. The van der Waals surface area contributed by atoms with Crippen molar-refractivity contribution in [3.05, 3.63) is 35.4 Å². The van der Waals surface area contributed by atoms with E-state index >= 15 is 0 Å². The van der Waals surface area contributed by atoms with Crippen molar-refractivity contribution in [1.29, 1.82) is 0 Å². The molecule has 0 spiro atoms. The summed E-state index contributed by atoms with van der Waals surface area (Å²) >= 11 is 0. The average molecular weight is 556 g/mol. The van der Waals surface area contributed by atoms with E-state index in [1.165, 1.54) is 83.5 Å². The molecule has 0 radical (unpaired) electrons. The van der Waals surface area contributed by atoms with Crippen LogP contribution >= 0.6 is 0 Å². The van der Waals surface area contributed by atoms with Crippen LogP contribution in [0.1, 0.15) is 151 Å². The van der Waals surface area contributed by atoms with E-state index < -0.39 is 29.8 Å². The Labute approximate surface area is 242 Å². The minimum atomic E-state index is -1.04. The summed E-state index contributed by atoms with van der Waals surface area (Å²) in [5, 5.41) is 5.11. The predicted molar refractivity (Wildman–Crippen MR) is 161 cm³/mol. The third-order valence-electron chi connectivity index (χ3n) is 8.11. The Hall–Kier alpha value is -2.70. The Morgan fingerprint density at radius 1 is 0.700 bits per heavy atom. The van der Waals surface area contributed by atoms with Gasteiger partial charge in [0.05, 0.1) is 11.1 Å². The SMILES string of the molecule is CCCCCCCCCCCCCCCCCCNC(=O)NC(=O)[C@@H]([C@@H](C)CC)N1C(=O)c2ccccc2C1=O. The minimum Gasteiger partial charge on any atom is -0.338 e. The molecule has 7 nitrogen and oxygen atoms in total. The lowest BCUT2D eigenvalue weighted by atomic mass is 9.96. The summed E-state index contributed by atoms with van der Waals surface area (Å²) < 4.78 is 0. The quantitative estimate of drug-likeness (QED) is 0.120. The standard InChI is InChI=1S/C33H53N3O4/c1-4-6-7-8-9-10-11-12-13-14-15-16-17-18-19-22-25-34-33(40)35-30(37)29(26(3)5-2)36-31(38)27-23-20-21-24-28(27)32(36)39/h20-21,23-24,26,29H,4-19,22,25H2,1-3H3,(H2,34,35,37,40)/t26-,29+/m0/s1. The van der Waals surface area contributed by atoms with E-state index in [2.05, 4.69) is 17.6 Å². The fourth-order valence-electron chi connectivity index (χ4n) is 5.42. The molecule has 0 saturated carbocycles. The van der Waals surface area contributed by atoms with Crippen molar-refractivity contribution >= 4 is 23.8 Å². The Kier molecular flexibility index (Phi) is 16.2. The van der Waals surface area contributed by atoms with Crippen LogP contribution in [0.3, 0.4) is 0 Å². The molecule has 1 aromatic carbocycles. The molecule has 2 atom stereocenters. The second-order valence-electron chi connectivity index (χ2n) is 11.4. The van der Waals surface area contributed by atoms with Crippen LogP contribution < -0.4 is 10.6 Å². The number of amides is 5. The minimum absolute atomic E-state index is 0.293. The molecule has 40 heavy (non-hydrogen) atoms. The number of hydrogen-bond acceptors (Lipinski definition) is 4. The van der Waals surface area contributed by atoms with Gasteiger partial charge < -0.3 is 5.32 Å². The first-order valence-corrected chi connectivity index (χ1v) is 16.0. The smallest absolute Gasteiger partial charge is 0.321 e. The zero-order valence-electron chi connectivity index (χ0n) is 25.3. The summed E-state index contributed by atoms with van der Waals surface area (Å²) in [6.07, 6.45) is 21.2. The molecule has 2 N–H and O–H groups in total. The van der Waals surface area contributed by atoms with Crippen molar-refractivity contribution in [2.24, 2.45) is 5.92 Å². The lowest BCUT2D eigenvalue weighted by Crippen LogP contribution is -2.55. The zero-order valence-corrected chi connectivity index (χ0v) is 25.3. The van der Waals surface area contributed by atoms with Crippen LogP contribution in [0.15, 0.2) is 24.3 Å². The molecular weight excluding hydrogens is 502 g/mol. The van der Waals surface area contributed by atoms with Gasteiger partial charge in [-0.15, -0.1) is 0 Å². The molecule has 0 saturated heterocycles. The molecule has 0 aliphatic carbocycles. The fourth-order valence-corrected chi connectivity index (χ4v) is 5.42. The topological polar surface area (TPSA) is 95.6 Å². The molecule has 0 bridgehead atoms. The lowest BCUT2D eigenvalue weighted by Gasteiger charge is -2.29. The van der Waals surface area contributed by atoms with Gasteiger partial charge in [0, 0.05) is 6.54 Å². The molecule has 0 fully saturated rings. The largest absolute Gasteiger partial charge is 0.338 e. The van der Waals surface area contributed by atoms with Gasteiger partial charge in [0.1, 0.15) is 6.04 Å². The highest BCUT2D eigenvalue weighted by atomic mass is 16.2. The maximum atomic E-state index is 13.0. The Morgan fingerprint density at radius 2 is 1.12 bits per heavy atom. The number of nitrogens with one attached hydrogen (secondary N) is 2. The Morgan fingerprint density at radius 3 is 1.55 bits per heavy atom. The molecular formula is C33H53N3O4. The molecule has 1 aromatic rings. The van der Waals surface area contributed by atoms with Crippen molar-refractivity contribution in [1.82, 2.24) is 15.5 Å². The van der Waals surface area contributed by atoms with E-state index in [0.717, 1.165) is 24.2 Å². The normalized spacial score (nSPS) is 14.2. The number of rotatable bonds is 21. The van der Waals surface area contributed by atoms with E-state index in [0.29, 0.717) is 24.1 Å². The first-order valence-electron chi connectivity index (χ1n) is 16.0. The molecule has 2 rings (SSSR count). The zero-order chi connectivity index (χ0) is 29.2. The van der Waals surface area contributed by atoms with Crippen molar-refractivity contribution in [2.75, 3.05) is 6.54 Å². The number of carbonyl (C=O) groups is 4. The molecule has 224 valence electrons. The number of carbonyl (C=O) groups excluding carboxylic acids is 4. The number of hydrogen-bond donors (Lipinski definition) is 2. The van der Waals surface area contributed by atoms with Crippen molar-refractivity contribution in [3.63, 3.8) is 0 Å². The molecule has 1 aliphatic heterocycles. The molecule has 0 unspecified atom stereocenters. The van der Waals surface area contributed by atoms with E-state index in [1.807, 2.05) is 13.8 Å². The number of benzene rings is 1. The second-order valence-corrected chi connectivity index (χ2v) is 11.4. The number of nitrogens with zero attached hydrogens (tertiary/aromatic N) is 1. The van der Waals surface area contributed by atoms with Gasteiger partial charge in [0.2, 0.25) is 0 Å². The molecule has 5 amide bonds. The van der Waals surface area contributed by atoms with Crippen LogP contribution in [-0.2, 0) is 4.79 Å². The van der Waals surface area contributed by atoms with Crippen molar-refractivity contribution < 1.29 is 19.2 Å². The van der Waals surface area contributed by atoms with Crippen molar-refractivity contribution in [3.8, 4) is 0 Å². The summed E-state index contributed by atoms with van der Waals surface area (Å²) in [5.41, 5.74) is 0.586. The monoisotopic (exact) mass is 555 g/mol. The number of unbranched alkanes of at least 4 members (excludes halogenated alkanes) is 15. The highest BCUT2D eigenvalue weighted by Gasteiger charge is 2.44. The first kappa shape index (κ1) is 33.5. The maximum absolute atomic E-state index is 13.0. The first-order chi connectivity index (χ1) is 19.4. The summed E-state index contributed by atoms with van der Waals surface area (Å²) in [4.78, 5) is 52.3. The van der Waals surface area contributed by atoms with Crippen LogP contribution in [0.25, 0.3) is 0 Å². The molecule has 0 aromatic heterocycles. The molecule has 1 heterocycles. The third kappa shape index (κ3) is 11.1. The van der Waals surface area contributed by atoms with Crippen LogP contribution in [0.5, 0.6) is 0 Å². The van der Waals surface area contributed by atoms with Gasteiger partial charge in [-0.05, 0) is 24.5 Å². The van der Waals surface area contributed by atoms with Crippen LogP contribution in [0.4, 0.5) is 4.79 Å². The van der Waals surface area contributed by atoms with Gasteiger partial charge in [0.25, 0.3) is 17.7 Å². The molecule has 7 heteroatoms. The Balaban J connectivity index is 1.56. The van der Waals surface area contributed by atoms with Gasteiger partial charge in [-0.3, -0.25) is 24.6 Å². The average Bonchev–Trinajstić information content (AvgIpc) is 3.20. The number of imide groups is 2. The van der Waals surface area contributed by atoms with Crippen LogP contribution in [0.2, 0.25) is 0 Å². The van der Waals surface area contributed by atoms with Gasteiger partial charge in [-0.1, -0.05) is 136 Å². The summed E-state index contributed by atoms with van der Waals surface area (Å²) in [7, 11) is 0. The highest BCUT2D eigenvalue weighted by molar-refractivity contribution is 6.23. The summed E-state index contributed by atoms with van der Waals surface area (Å²) in [6, 6.07) is 4.93. The highest BCUT2D eigenvalue weighted by Crippen LogP contribution is 2.28. The molecule has 1 aliphatic rings. The van der Waals surface area contributed by atoms with Gasteiger partial charge in [-0.25, -0.2) is 4.79 Å². The fraction of sp³-hybridized carbons (Fsp3) is 0.697. The van der Waals surface area contributed by atoms with Gasteiger partial charge in [0.15, 0.2) is 0 Å². The lowest BCUT2D eigenvalue weighted by molar-refractivity contribution is -0.125. The third-order valence-corrected chi connectivity index (χ3v) is 8.11. The second kappa shape index (κ2) is 19.4. The van der Waals surface area contributed by atoms with Crippen LogP contribution in [0, 0.1) is 5.92 Å². The van der Waals surface area contributed by atoms with Gasteiger partial charge >= 0.3 is 6.03 Å². The van der Waals surface area contributed by atoms with E-state index in [4.69, 9.17) is 0 Å². The Bertz CT molecular complexity index is 897. The van der Waals surface area contributed by atoms with E-state index in [9.17, 15) is 19.2 Å². The summed E-state index contributed by atoms with van der Waals surface area (Å²) in [6.45, 7) is 6.45. The van der Waals surface area contributed by atoms with Gasteiger partial charge in [-0.2, -0.15) is 0 Å². The summed E-state index contributed by atoms with van der Waals surface area (Å²) in [5.74, 6) is -1.91. The maximum Gasteiger partial charge on any atom is 0.321 e. The van der Waals surface area contributed by atoms with Crippen LogP contribution in [-0.4, -0.2) is 41.2 Å².